The van der Waals surface area contributed by atoms with Gasteiger partial charge in [-0.05, 0) is 41.8 Å². The van der Waals surface area contributed by atoms with E-state index in [1.54, 1.807) is 0 Å². The summed E-state index contributed by atoms with van der Waals surface area (Å²) in [5, 5.41) is 5.38. The number of ketones is 1. The molecule has 0 heterocycles. The fourth-order valence-electron chi connectivity index (χ4n) is 2.87. The summed E-state index contributed by atoms with van der Waals surface area (Å²) in [6, 6.07) is 6.73. The highest BCUT2D eigenvalue weighted by Gasteiger charge is 2.45. The van der Waals surface area contributed by atoms with E-state index in [0.29, 0.717) is 5.02 Å². The highest BCUT2D eigenvalue weighted by molar-refractivity contribution is 6.34. The minimum Gasteiger partial charge on any atom is -0.484 e. The van der Waals surface area contributed by atoms with Crippen molar-refractivity contribution in [2.75, 3.05) is 6.61 Å². The van der Waals surface area contributed by atoms with E-state index in [9.17, 15) is 27.6 Å². The molecule has 2 amide bonds. The molecule has 0 saturated heterocycles. The standard InChI is InChI=1S/C22H20Cl3F3N2O4/c1-11(2)18(20(32)22(26,27)28)30-21(33)19(12-3-5-13(23)6-4-12)29-17(31)10-34-16-8-14(24)7-15(25)9-16/h3-9,11,18-19H,10H2,1-2H3,(H,29,31)(H,30,33)/t18-,19-/m0/s1. The summed E-state index contributed by atoms with van der Waals surface area (Å²) in [5.74, 6) is -4.56. The number of ether oxygens (including phenoxy) is 1. The molecule has 0 spiro atoms. The second-order valence-electron chi connectivity index (χ2n) is 7.54. The fraction of sp³-hybridized carbons (Fsp3) is 0.318. The van der Waals surface area contributed by atoms with Crippen molar-refractivity contribution < 1.29 is 32.3 Å². The van der Waals surface area contributed by atoms with Gasteiger partial charge in [-0.3, -0.25) is 14.4 Å². The number of hydrogen-bond donors (Lipinski definition) is 2. The Hall–Kier alpha value is -2.49. The van der Waals surface area contributed by atoms with E-state index in [2.05, 4.69) is 10.6 Å². The summed E-state index contributed by atoms with van der Waals surface area (Å²) in [4.78, 5) is 37.2. The van der Waals surface area contributed by atoms with Gasteiger partial charge in [0, 0.05) is 15.1 Å². The minimum absolute atomic E-state index is 0.191. The normalized spacial score (nSPS) is 13.2. The van der Waals surface area contributed by atoms with Crippen molar-refractivity contribution in [1.29, 1.82) is 0 Å². The van der Waals surface area contributed by atoms with E-state index in [1.807, 2.05) is 0 Å². The lowest BCUT2D eigenvalue weighted by Crippen LogP contribution is -2.53. The number of halogens is 6. The summed E-state index contributed by atoms with van der Waals surface area (Å²) in [5.41, 5.74) is 0.225. The van der Waals surface area contributed by atoms with E-state index in [-0.39, 0.29) is 21.4 Å². The molecule has 0 radical (unpaired) electrons. The highest BCUT2D eigenvalue weighted by atomic mass is 35.5. The second kappa shape index (κ2) is 11.8. The van der Waals surface area contributed by atoms with Gasteiger partial charge in [0.15, 0.2) is 6.61 Å². The van der Waals surface area contributed by atoms with Crippen LogP contribution in [0, 0.1) is 5.92 Å². The topological polar surface area (TPSA) is 84.5 Å². The number of rotatable bonds is 9. The molecular weight excluding hydrogens is 520 g/mol. The molecule has 2 aromatic carbocycles. The summed E-state index contributed by atoms with van der Waals surface area (Å²) in [7, 11) is 0. The Labute approximate surface area is 208 Å². The molecular formula is C22H20Cl3F3N2O4. The Morgan fingerprint density at radius 2 is 1.47 bits per heavy atom. The van der Waals surface area contributed by atoms with Crippen molar-refractivity contribution >= 4 is 52.4 Å². The molecule has 2 rings (SSSR count). The van der Waals surface area contributed by atoms with Gasteiger partial charge in [0.05, 0.1) is 6.04 Å². The smallest absolute Gasteiger partial charge is 0.452 e. The number of amides is 2. The Morgan fingerprint density at radius 3 is 1.97 bits per heavy atom. The van der Waals surface area contributed by atoms with Crippen LogP contribution in [0.3, 0.4) is 0 Å². The molecule has 184 valence electrons. The van der Waals surface area contributed by atoms with Gasteiger partial charge in [-0.1, -0.05) is 60.8 Å². The van der Waals surface area contributed by atoms with Gasteiger partial charge in [-0.2, -0.15) is 13.2 Å². The van der Waals surface area contributed by atoms with Crippen LogP contribution in [0.15, 0.2) is 42.5 Å². The first-order chi connectivity index (χ1) is 15.8. The maximum Gasteiger partial charge on any atom is 0.452 e. The number of carbonyl (C=O) groups excluding carboxylic acids is 3. The molecule has 0 aliphatic carbocycles. The Bertz CT molecular complexity index is 1030. The molecule has 0 saturated carbocycles. The first kappa shape index (κ1) is 27.8. The first-order valence-corrected chi connectivity index (χ1v) is 11.0. The molecule has 0 aliphatic rings. The van der Waals surface area contributed by atoms with Crippen LogP contribution in [0.1, 0.15) is 25.5 Å². The van der Waals surface area contributed by atoms with Gasteiger partial charge in [0.1, 0.15) is 11.8 Å². The molecule has 0 aliphatic heterocycles. The van der Waals surface area contributed by atoms with Gasteiger partial charge < -0.3 is 15.4 Å². The molecule has 34 heavy (non-hydrogen) atoms. The Morgan fingerprint density at radius 1 is 0.912 bits per heavy atom. The molecule has 0 fully saturated rings. The highest BCUT2D eigenvalue weighted by Crippen LogP contribution is 2.25. The summed E-state index contributed by atoms with van der Waals surface area (Å²) in [6.07, 6.45) is -5.15. The third-order valence-corrected chi connectivity index (χ3v) is 5.19. The van der Waals surface area contributed by atoms with Gasteiger partial charge in [-0.25, -0.2) is 0 Å². The Balaban J connectivity index is 2.21. The maximum absolute atomic E-state index is 13.0. The van der Waals surface area contributed by atoms with Gasteiger partial charge in [0.2, 0.25) is 5.91 Å². The zero-order valence-corrected chi connectivity index (χ0v) is 20.1. The molecule has 0 aromatic heterocycles. The van der Waals surface area contributed by atoms with Crippen LogP contribution in [0.5, 0.6) is 5.75 Å². The first-order valence-electron chi connectivity index (χ1n) is 9.83. The number of benzene rings is 2. The third kappa shape index (κ3) is 8.07. The fourth-order valence-corrected chi connectivity index (χ4v) is 3.50. The lowest BCUT2D eigenvalue weighted by atomic mass is 9.98. The van der Waals surface area contributed by atoms with Crippen molar-refractivity contribution in [2.24, 2.45) is 5.92 Å². The number of carbonyl (C=O) groups is 3. The minimum atomic E-state index is -5.15. The summed E-state index contributed by atoms with van der Waals surface area (Å²) >= 11 is 17.6. The average molecular weight is 540 g/mol. The van der Waals surface area contributed by atoms with Crippen LogP contribution in [0.25, 0.3) is 0 Å². The van der Waals surface area contributed by atoms with Crippen LogP contribution in [-0.2, 0) is 14.4 Å². The SMILES string of the molecule is CC(C)[C@H](NC(=O)[C@@H](NC(=O)COc1cc(Cl)cc(Cl)c1)c1ccc(Cl)cc1)C(=O)C(F)(F)F. The molecule has 0 bridgehead atoms. The van der Waals surface area contributed by atoms with Gasteiger partial charge in [-0.15, -0.1) is 0 Å². The number of Topliss-reactive ketones (excluding diaryl/α,β-unsaturated/α-hetero) is 1. The molecule has 6 nitrogen and oxygen atoms in total. The molecule has 12 heteroatoms. The van der Waals surface area contributed by atoms with E-state index >= 15 is 0 Å². The number of alkyl halides is 3. The van der Waals surface area contributed by atoms with Crippen molar-refractivity contribution in [1.82, 2.24) is 10.6 Å². The van der Waals surface area contributed by atoms with Gasteiger partial charge in [0.25, 0.3) is 11.7 Å². The summed E-state index contributed by atoms with van der Waals surface area (Å²) in [6.45, 7) is 2.16. The lowest BCUT2D eigenvalue weighted by molar-refractivity contribution is -0.175. The van der Waals surface area contributed by atoms with Crippen molar-refractivity contribution in [3.8, 4) is 5.75 Å². The third-order valence-electron chi connectivity index (χ3n) is 4.50. The van der Waals surface area contributed by atoms with E-state index < -0.39 is 48.4 Å². The predicted octanol–water partition coefficient (Wildman–Crippen LogP) is 5.16. The molecule has 2 aromatic rings. The zero-order chi connectivity index (χ0) is 25.6. The van der Waals surface area contributed by atoms with Crippen molar-refractivity contribution in [2.45, 2.75) is 32.1 Å². The average Bonchev–Trinajstić information content (AvgIpc) is 2.73. The van der Waals surface area contributed by atoms with E-state index in [0.717, 1.165) is 0 Å². The Kier molecular flexibility index (Phi) is 9.61. The number of hydrogen-bond acceptors (Lipinski definition) is 4. The van der Waals surface area contributed by atoms with Crippen LogP contribution in [0.4, 0.5) is 13.2 Å². The maximum atomic E-state index is 13.0. The van der Waals surface area contributed by atoms with E-state index in [1.165, 1.54) is 56.3 Å². The number of nitrogens with one attached hydrogen (secondary N) is 2. The quantitative estimate of drug-likeness (QED) is 0.461. The van der Waals surface area contributed by atoms with Gasteiger partial charge >= 0.3 is 6.18 Å². The van der Waals surface area contributed by atoms with Crippen LogP contribution >= 0.6 is 34.8 Å². The lowest BCUT2D eigenvalue weighted by Gasteiger charge is -2.26. The molecule has 2 atom stereocenters. The monoisotopic (exact) mass is 538 g/mol. The molecule has 2 N–H and O–H groups in total. The van der Waals surface area contributed by atoms with Crippen molar-refractivity contribution in [3.63, 3.8) is 0 Å². The predicted molar refractivity (Wildman–Crippen MR) is 122 cm³/mol. The zero-order valence-electron chi connectivity index (χ0n) is 17.9. The van der Waals surface area contributed by atoms with Crippen molar-refractivity contribution in [3.05, 3.63) is 63.1 Å². The van der Waals surface area contributed by atoms with Crippen LogP contribution in [-0.4, -0.2) is 36.4 Å². The molecule has 0 unspecified atom stereocenters. The van der Waals surface area contributed by atoms with Crippen LogP contribution in [0.2, 0.25) is 15.1 Å². The second-order valence-corrected chi connectivity index (χ2v) is 8.85. The largest absolute Gasteiger partial charge is 0.484 e. The van der Waals surface area contributed by atoms with Crippen LogP contribution < -0.4 is 15.4 Å². The summed E-state index contributed by atoms with van der Waals surface area (Å²) < 4.78 is 44.3. The van der Waals surface area contributed by atoms with E-state index in [4.69, 9.17) is 39.5 Å².